The molecular weight excluding hydrogens is 282 g/mol. The Hall–Kier alpha value is -1.44. The SMILES string of the molecule is O=C(O)c1cccc(CS(=O)(=O)N2CCC(O)CC2)c1. The van der Waals surface area contributed by atoms with Gasteiger partial charge < -0.3 is 10.2 Å². The van der Waals surface area contributed by atoms with E-state index in [-0.39, 0.29) is 11.3 Å². The zero-order valence-corrected chi connectivity index (χ0v) is 11.7. The molecule has 0 radical (unpaired) electrons. The largest absolute Gasteiger partial charge is 0.478 e. The average molecular weight is 299 g/mol. The first-order chi connectivity index (χ1) is 9.38. The van der Waals surface area contributed by atoms with Crippen molar-refractivity contribution < 1.29 is 23.4 Å². The molecule has 20 heavy (non-hydrogen) atoms. The number of hydrogen-bond acceptors (Lipinski definition) is 4. The van der Waals surface area contributed by atoms with Gasteiger partial charge in [-0.3, -0.25) is 0 Å². The quantitative estimate of drug-likeness (QED) is 0.852. The van der Waals surface area contributed by atoms with Crippen molar-refractivity contribution in [2.75, 3.05) is 13.1 Å². The fourth-order valence-electron chi connectivity index (χ4n) is 2.22. The van der Waals surface area contributed by atoms with Crippen LogP contribution in [0.5, 0.6) is 0 Å². The molecule has 0 saturated carbocycles. The van der Waals surface area contributed by atoms with Gasteiger partial charge in [-0.15, -0.1) is 0 Å². The van der Waals surface area contributed by atoms with E-state index in [1.54, 1.807) is 6.07 Å². The van der Waals surface area contributed by atoms with Gasteiger partial charge in [0.1, 0.15) is 0 Å². The van der Waals surface area contributed by atoms with E-state index in [2.05, 4.69) is 0 Å². The van der Waals surface area contributed by atoms with E-state index in [4.69, 9.17) is 5.11 Å². The zero-order valence-electron chi connectivity index (χ0n) is 10.9. The van der Waals surface area contributed by atoms with Gasteiger partial charge >= 0.3 is 5.97 Å². The van der Waals surface area contributed by atoms with E-state index in [0.29, 0.717) is 31.5 Å². The van der Waals surface area contributed by atoms with Crippen LogP contribution in [-0.2, 0) is 15.8 Å². The van der Waals surface area contributed by atoms with Crippen LogP contribution >= 0.6 is 0 Å². The molecule has 1 aliphatic heterocycles. The maximum Gasteiger partial charge on any atom is 0.335 e. The van der Waals surface area contributed by atoms with Crippen LogP contribution in [0.2, 0.25) is 0 Å². The molecule has 2 rings (SSSR count). The van der Waals surface area contributed by atoms with Gasteiger partial charge in [0.25, 0.3) is 0 Å². The molecule has 110 valence electrons. The molecule has 0 spiro atoms. The van der Waals surface area contributed by atoms with Gasteiger partial charge in [0.05, 0.1) is 17.4 Å². The highest BCUT2D eigenvalue weighted by Crippen LogP contribution is 2.18. The summed E-state index contributed by atoms with van der Waals surface area (Å²) >= 11 is 0. The van der Waals surface area contributed by atoms with E-state index >= 15 is 0 Å². The number of hydrogen-bond donors (Lipinski definition) is 2. The van der Waals surface area contributed by atoms with Crippen molar-refractivity contribution in [2.24, 2.45) is 0 Å². The predicted octanol–water partition coefficient (Wildman–Crippen LogP) is 0.671. The number of carbonyl (C=O) groups is 1. The molecule has 1 aromatic rings. The minimum absolute atomic E-state index is 0.0757. The Morgan fingerprint density at radius 3 is 2.55 bits per heavy atom. The van der Waals surface area contributed by atoms with Gasteiger partial charge in [0.2, 0.25) is 10.0 Å². The molecule has 2 N–H and O–H groups in total. The van der Waals surface area contributed by atoms with Gasteiger partial charge in [0.15, 0.2) is 0 Å². The second-order valence-corrected chi connectivity index (χ2v) is 6.86. The summed E-state index contributed by atoms with van der Waals surface area (Å²) in [5, 5.41) is 18.3. The van der Waals surface area contributed by atoms with Gasteiger partial charge in [0, 0.05) is 13.1 Å². The monoisotopic (exact) mass is 299 g/mol. The Bertz CT molecular complexity index is 591. The van der Waals surface area contributed by atoms with Crippen LogP contribution in [0.15, 0.2) is 24.3 Å². The number of nitrogens with zero attached hydrogens (tertiary/aromatic N) is 1. The van der Waals surface area contributed by atoms with Crippen molar-refractivity contribution in [3.63, 3.8) is 0 Å². The van der Waals surface area contributed by atoms with E-state index in [0.717, 1.165) is 0 Å². The average Bonchev–Trinajstić information content (AvgIpc) is 2.39. The third kappa shape index (κ3) is 3.56. The summed E-state index contributed by atoms with van der Waals surface area (Å²) in [5.74, 6) is -1.30. The van der Waals surface area contributed by atoms with Crippen molar-refractivity contribution in [1.29, 1.82) is 0 Å². The van der Waals surface area contributed by atoms with Gasteiger partial charge in [-0.1, -0.05) is 12.1 Å². The second kappa shape index (κ2) is 5.90. The minimum atomic E-state index is -3.47. The highest BCUT2D eigenvalue weighted by atomic mass is 32.2. The summed E-state index contributed by atoms with van der Waals surface area (Å²) in [4.78, 5) is 10.9. The smallest absolute Gasteiger partial charge is 0.335 e. The predicted molar refractivity (Wildman–Crippen MR) is 72.8 cm³/mol. The van der Waals surface area contributed by atoms with E-state index in [9.17, 15) is 18.3 Å². The molecule has 0 amide bonds. The van der Waals surface area contributed by atoms with Gasteiger partial charge in [-0.2, -0.15) is 0 Å². The van der Waals surface area contributed by atoms with Crippen molar-refractivity contribution in [3.05, 3.63) is 35.4 Å². The van der Waals surface area contributed by atoms with Crippen LogP contribution in [0.25, 0.3) is 0 Å². The highest BCUT2D eigenvalue weighted by molar-refractivity contribution is 7.88. The third-order valence-electron chi connectivity index (χ3n) is 3.34. The standard InChI is InChI=1S/C13H17NO5S/c15-12-4-6-14(7-5-12)20(18,19)9-10-2-1-3-11(8-10)13(16)17/h1-3,8,12,15H,4-7,9H2,(H,16,17). The van der Waals surface area contributed by atoms with Crippen molar-refractivity contribution in [1.82, 2.24) is 4.31 Å². The lowest BCUT2D eigenvalue weighted by atomic mass is 10.1. The van der Waals surface area contributed by atoms with Crippen LogP contribution < -0.4 is 0 Å². The molecule has 0 aromatic heterocycles. The first-order valence-electron chi connectivity index (χ1n) is 6.36. The molecule has 1 aromatic carbocycles. The summed E-state index contributed by atoms with van der Waals surface area (Å²) in [5.41, 5.74) is 0.530. The summed E-state index contributed by atoms with van der Waals surface area (Å²) in [7, 11) is -3.47. The van der Waals surface area contributed by atoms with E-state index in [1.807, 2.05) is 0 Å². The minimum Gasteiger partial charge on any atom is -0.478 e. The molecule has 0 unspecified atom stereocenters. The summed E-state index contributed by atoms with van der Waals surface area (Å²) < 4.78 is 25.8. The van der Waals surface area contributed by atoms with Gasteiger partial charge in [-0.05, 0) is 30.5 Å². The normalized spacial score (nSPS) is 18.1. The number of piperidine rings is 1. The number of carboxylic acid groups (broad SMARTS) is 1. The molecule has 1 saturated heterocycles. The Balaban J connectivity index is 2.12. The molecule has 1 fully saturated rings. The summed E-state index contributed by atoms with van der Waals surface area (Å²) in [6.07, 6.45) is 0.444. The van der Waals surface area contributed by atoms with Gasteiger partial charge in [-0.25, -0.2) is 17.5 Å². The molecule has 1 aliphatic rings. The van der Waals surface area contributed by atoms with E-state index in [1.165, 1.54) is 22.5 Å². The topological polar surface area (TPSA) is 94.9 Å². The maximum atomic E-state index is 12.2. The fourth-order valence-corrected chi connectivity index (χ4v) is 3.77. The van der Waals surface area contributed by atoms with Crippen LogP contribution in [0.3, 0.4) is 0 Å². The fraction of sp³-hybridized carbons (Fsp3) is 0.462. The number of rotatable bonds is 4. The lowest BCUT2D eigenvalue weighted by Gasteiger charge is -2.28. The number of benzene rings is 1. The lowest BCUT2D eigenvalue weighted by Crippen LogP contribution is -2.40. The van der Waals surface area contributed by atoms with Crippen LogP contribution in [0.4, 0.5) is 0 Å². The number of aromatic carboxylic acids is 1. The molecule has 1 heterocycles. The maximum absolute atomic E-state index is 12.2. The van der Waals surface area contributed by atoms with Crippen molar-refractivity contribution >= 4 is 16.0 Å². The highest BCUT2D eigenvalue weighted by Gasteiger charge is 2.27. The van der Waals surface area contributed by atoms with Crippen molar-refractivity contribution in [2.45, 2.75) is 24.7 Å². The Morgan fingerprint density at radius 2 is 1.95 bits per heavy atom. The molecule has 0 bridgehead atoms. The summed E-state index contributed by atoms with van der Waals surface area (Å²) in [6, 6.07) is 5.94. The number of sulfonamides is 1. The Labute approximate surface area is 117 Å². The molecule has 0 aliphatic carbocycles. The summed E-state index contributed by atoms with van der Waals surface area (Å²) in [6.45, 7) is 0.615. The lowest BCUT2D eigenvalue weighted by molar-refractivity contribution is 0.0696. The van der Waals surface area contributed by atoms with Crippen LogP contribution in [0, 0.1) is 0 Å². The van der Waals surface area contributed by atoms with E-state index < -0.39 is 22.1 Å². The number of aliphatic hydroxyl groups excluding tert-OH is 1. The molecular formula is C13H17NO5S. The number of carboxylic acids is 1. The third-order valence-corrected chi connectivity index (χ3v) is 5.19. The Morgan fingerprint density at radius 1 is 1.30 bits per heavy atom. The molecule has 6 nitrogen and oxygen atoms in total. The Kier molecular flexibility index (Phi) is 4.42. The first-order valence-corrected chi connectivity index (χ1v) is 7.97. The molecule has 7 heteroatoms. The second-order valence-electron chi connectivity index (χ2n) is 4.89. The molecule has 0 atom stereocenters. The van der Waals surface area contributed by atoms with Crippen molar-refractivity contribution in [3.8, 4) is 0 Å². The zero-order chi connectivity index (χ0) is 14.8. The van der Waals surface area contributed by atoms with Crippen LogP contribution in [-0.4, -0.2) is 48.1 Å². The first kappa shape index (κ1) is 15.0. The number of aliphatic hydroxyl groups is 1. The van der Waals surface area contributed by atoms with Crippen LogP contribution in [0.1, 0.15) is 28.8 Å².